The first-order valence-electron chi connectivity index (χ1n) is 5.34. The Balaban J connectivity index is 2.85. The van der Waals surface area contributed by atoms with Gasteiger partial charge in [-0.1, -0.05) is 0 Å². The standard InChI is InChI=1S/C10H16IN3O3/c1-3-16-8(17-4-2)6-14-5-7(11)9(12)13-10(14)15/h5,8H,3-4,6H2,1-2H3,(H2,12,13,15). The molecular weight excluding hydrogens is 337 g/mol. The van der Waals surface area contributed by atoms with Gasteiger partial charge < -0.3 is 15.2 Å². The molecule has 1 heterocycles. The third-order valence-corrected chi connectivity index (χ3v) is 2.86. The SMILES string of the molecule is CCOC(Cn1cc(I)c(N)nc1=O)OCC. The van der Waals surface area contributed by atoms with Crippen molar-refractivity contribution in [2.75, 3.05) is 18.9 Å². The molecule has 6 nitrogen and oxygen atoms in total. The lowest BCUT2D eigenvalue weighted by atomic mass is 10.5. The minimum Gasteiger partial charge on any atom is -0.383 e. The molecule has 0 aromatic carbocycles. The lowest BCUT2D eigenvalue weighted by molar-refractivity contribution is -0.144. The van der Waals surface area contributed by atoms with Crippen molar-refractivity contribution >= 4 is 28.4 Å². The zero-order valence-corrected chi connectivity index (χ0v) is 12.0. The van der Waals surface area contributed by atoms with Gasteiger partial charge in [0.2, 0.25) is 0 Å². The summed E-state index contributed by atoms with van der Waals surface area (Å²) in [5, 5.41) is 0. The number of rotatable bonds is 6. The molecule has 0 amide bonds. The van der Waals surface area contributed by atoms with E-state index in [4.69, 9.17) is 15.2 Å². The molecule has 0 spiro atoms. The number of ether oxygens (including phenoxy) is 2. The average molecular weight is 353 g/mol. The molecule has 0 aliphatic heterocycles. The van der Waals surface area contributed by atoms with Gasteiger partial charge in [-0.2, -0.15) is 4.98 Å². The summed E-state index contributed by atoms with van der Waals surface area (Å²) in [6.07, 6.45) is 1.21. The quantitative estimate of drug-likeness (QED) is 0.605. The fourth-order valence-electron chi connectivity index (χ4n) is 1.30. The number of anilines is 1. The maximum absolute atomic E-state index is 11.6. The summed E-state index contributed by atoms with van der Waals surface area (Å²) in [4.78, 5) is 15.3. The molecule has 17 heavy (non-hydrogen) atoms. The first-order chi connectivity index (χ1) is 8.08. The van der Waals surface area contributed by atoms with Crippen LogP contribution in [0.5, 0.6) is 0 Å². The van der Waals surface area contributed by atoms with Crippen molar-refractivity contribution in [3.8, 4) is 0 Å². The first kappa shape index (κ1) is 14.4. The Kier molecular flexibility index (Phi) is 5.86. The van der Waals surface area contributed by atoms with Gasteiger partial charge >= 0.3 is 5.69 Å². The Hall–Kier alpha value is -0.670. The molecule has 0 aliphatic carbocycles. The molecule has 7 heteroatoms. The molecule has 0 radical (unpaired) electrons. The lowest BCUT2D eigenvalue weighted by Crippen LogP contribution is -2.32. The van der Waals surface area contributed by atoms with Gasteiger partial charge in [0.05, 0.1) is 10.1 Å². The van der Waals surface area contributed by atoms with E-state index >= 15 is 0 Å². The zero-order valence-electron chi connectivity index (χ0n) is 9.85. The Morgan fingerprint density at radius 1 is 1.47 bits per heavy atom. The summed E-state index contributed by atoms with van der Waals surface area (Å²) < 4.78 is 12.9. The minimum atomic E-state index is -0.441. The van der Waals surface area contributed by atoms with Crippen LogP contribution in [-0.4, -0.2) is 29.1 Å². The number of nitrogens with zero attached hydrogens (tertiary/aromatic N) is 2. The van der Waals surface area contributed by atoms with Gasteiger partial charge in [0.15, 0.2) is 6.29 Å². The smallest absolute Gasteiger partial charge is 0.349 e. The summed E-state index contributed by atoms with van der Waals surface area (Å²) in [5.41, 5.74) is 5.15. The van der Waals surface area contributed by atoms with Crippen LogP contribution in [0.25, 0.3) is 0 Å². The van der Waals surface area contributed by atoms with Crippen LogP contribution < -0.4 is 11.4 Å². The van der Waals surface area contributed by atoms with Gasteiger partial charge in [0.25, 0.3) is 0 Å². The van der Waals surface area contributed by atoms with Crippen LogP contribution in [0.15, 0.2) is 11.0 Å². The van der Waals surface area contributed by atoms with Crippen LogP contribution >= 0.6 is 22.6 Å². The molecule has 1 aromatic heterocycles. The highest BCUT2D eigenvalue weighted by atomic mass is 127. The minimum absolute atomic E-state index is 0.246. The summed E-state index contributed by atoms with van der Waals surface area (Å²) >= 11 is 2.03. The van der Waals surface area contributed by atoms with Gasteiger partial charge in [-0.05, 0) is 36.4 Å². The largest absolute Gasteiger partial charge is 0.383 e. The number of hydrogen-bond acceptors (Lipinski definition) is 5. The predicted octanol–water partition coefficient (Wildman–Crippen LogP) is 0.829. The second-order valence-corrected chi connectivity index (χ2v) is 4.41. The number of nitrogens with two attached hydrogens (primary N) is 1. The van der Waals surface area contributed by atoms with Crippen LogP contribution in [0.1, 0.15) is 13.8 Å². The third-order valence-electron chi connectivity index (χ3n) is 2.03. The normalized spacial score (nSPS) is 11.1. The van der Waals surface area contributed by atoms with Crippen molar-refractivity contribution in [3.63, 3.8) is 0 Å². The van der Waals surface area contributed by atoms with Gasteiger partial charge in [-0.3, -0.25) is 4.57 Å². The predicted molar refractivity (Wildman–Crippen MR) is 72.7 cm³/mol. The average Bonchev–Trinajstić information content (AvgIpc) is 2.26. The van der Waals surface area contributed by atoms with Crippen LogP contribution in [0.3, 0.4) is 0 Å². The number of aromatic nitrogens is 2. The van der Waals surface area contributed by atoms with E-state index in [0.717, 1.165) is 3.57 Å². The molecule has 1 aromatic rings. The van der Waals surface area contributed by atoms with Gasteiger partial charge in [0.1, 0.15) is 5.82 Å². The van der Waals surface area contributed by atoms with Gasteiger partial charge in [0, 0.05) is 19.4 Å². The molecular formula is C10H16IN3O3. The van der Waals surface area contributed by atoms with Crippen molar-refractivity contribution in [3.05, 3.63) is 20.3 Å². The molecule has 0 aliphatic rings. The van der Waals surface area contributed by atoms with Crippen LogP contribution in [0.2, 0.25) is 0 Å². The van der Waals surface area contributed by atoms with Crippen molar-refractivity contribution in [1.29, 1.82) is 0 Å². The number of halogens is 1. The van der Waals surface area contributed by atoms with E-state index in [1.807, 2.05) is 36.4 Å². The third kappa shape index (κ3) is 4.25. The molecule has 0 bridgehead atoms. The number of nitrogen functional groups attached to an aromatic ring is 1. The maximum atomic E-state index is 11.6. The van der Waals surface area contributed by atoms with Crippen LogP contribution in [0.4, 0.5) is 5.82 Å². The summed E-state index contributed by atoms with van der Waals surface area (Å²) in [6.45, 7) is 5.11. The number of hydrogen-bond donors (Lipinski definition) is 1. The Morgan fingerprint density at radius 2 is 2.06 bits per heavy atom. The Bertz CT molecular complexity index is 416. The highest BCUT2D eigenvalue weighted by Crippen LogP contribution is 2.08. The van der Waals surface area contributed by atoms with Crippen molar-refractivity contribution in [1.82, 2.24) is 9.55 Å². The second kappa shape index (κ2) is 6.92. The van der Waals surface area contributed by atoms with E-state index in [9.17, 15) is 4.79 Å². The lowest BCUT2D eigenvalue weighted by Gasteiger charge is -2.17. The highest BCUT2D eigenvalue weighted by molar-refractivity contribution is 14.1. The molecule has 96 valence electrons. The Morgan fingerprint density at radius 3 is 2.59 bits per heavy atom. The van der Waals surface area contributed by atoms with Crippen LogP contribution in [-0.2, 0) is 16.0 Å². The van der Waals surface area contributed by atoms with Crippen LogP contribution in [0, 0.1) is 3.57 Å². The highest BCUT2D eigenvalue weighted by Gasteiger charge is 2.11. The summed E-state index contributed by atoms with van der Waals surface area (Å²) in [6, 6.07) is 0. The van der Waals surface area contributed by atoms with E-state index < -0.39 is 12.0 Å². The first-order valence-corrected chi connectivity index (χ1v) is 6.42. The van der Waals surface area contributed by atoms with Gasteiger partial charge in [-0.25, -0.2) is 4.79 Å². The topological polar surface area (TPSA) is 79.4 Å². The van der Waals surface area contributed by atoms with E-state index in [1.54, 1.807) is 6.20 Å². The second-order valence-electron chi connectivity index (χ2n) is 3.25. The monoisotopic (exact) mass is 353 g/mol. The Labute approximate surface area is 113 Å². The fourth-order valence-corrected chi connectivity index (χ4v) is 1.75. The van der Waals surface area contributed by atoms with Crippen molar-refractivity contribution < 1.29 is 9.47 Å². The van der Waals surface area contributed by atoms with E-state index in [-0.39, 0.29) is 5.82 Å². The van der Waals surface area contributed by atoms with E-state index in [1.165, 1.54) is 4.57 Å². The molecule has 0 fully saturated rings. The van der Waals surface area contributed by atoms with Crippen molar-refractivity contribution in [2.45, 2.75) is 26.7 Å². The fraction of sp³-hybridized carbons (Fsp3) is 0.600. The molecule has 0 unspecified atom stereocenters. The van der Waals surface area contributed by atoms with Crippen molar-refractivity contribution in [2.24, 2.45) is 0 Å². The van der Waals surface area contributed by atoms with E-state index in [2.05, 4.69) is 4.98 Å². The molecule has 0 saturated heterocycles. The maximum Gasteiger partial charge on any atom is 0.349 e. The zero-order chi connectivity index (χ0) is 12.8. The molecule has 1 rings (SSSR count). The van der Waals surface area contributed by atoms with E-state index in [0.29, 0.717) is 19.8 Å². The summed E-state index contributed by atoms with van der Waals surface area (Å²) in [7, 11) is 0. The van der Waals surface area contributed by atoms with Gasteiger partial charge in [-0.15, -0.1) is 0 Å². The molecule has 2 N–H and O–H groups in total. The molecule has 0 saturated carbocycles. The summed E-state index contributed by atoms with van der Waals surface area (Å²) in [5.74, 6) is 0.246. The molecule has 0 atom stereocenters.